The Morgan fingerprint density at radius 1 is 1.21 bits per heavy atom. The molecule has 0 amide bonds. The molecule has 1 rings (SSSR count). The van der Waals surface area contributed by atoms with Crippen molar-refractivity contribution in [2.45, 2.75) is 11.8 Å². The molecule has 0 aliphatic rings. The first-order chi connectivity index (χ1) is 5.56. The molecule has 7 heteroatoms. The van der Waals surface area contributed by atoms with E-state index in [0.29, 0.717) is 0 Å². The Morgan fingerprint density at radius 2 is 1.64 bits per heavy atom. The Kier molecular flexibility index (Phi) is 8.15. The third-order valence-corrected chi connectivity index (χ3v) is 3.14. The largest absolute Gasteiger partial charge is 0.412 e. The molecule has 1 aromatic rings. The Hall–Kier alpha value is 0.380. The van der Waals surface area contributed by atoms with E-state index >= 15 is 0 Å². The van der Waals surface area contributed by atoms with E-state index in [1.807, 2.05) is 6.92 Å². The zero-order valence-electron chi connectivity index (χ0n) is 7.91. The van der Waals surface area contributed by atoms with Crippen LogP contribution in [0.4, 0.5) is 0 Å². The topological polar surface area (TPSA) is 77.7 Å². The van der Waals surface area contributed by atoms with Gasteiger partial charge in [0.2, 0.25) is 0 Å². The van der Waals surface area contributed by atoms with Gasteiger partial charge in [0, 0.05) is 29.6 Å². The van der Waals surface area contributed by atoms with Crippen molar-refractivity contribution >= 4 is 51.4 Å². The van der Waals surface area contributed by atoms with Crippen LogP contribution in [0.1, 0.15) is 5.56 Å². The summed E-state index contributed by atoms with van der Waals surface area (Å²) in [5.74, 6) is 0. The molecule has 0 saturated heterocycles. The van der Waals surface area contributed by atoms with Gasteiger partial charge in [-0.25, -0.2) is 8.42 Å². The molecule has 0 spiro atoms. The van der Waals surface area contributed by atoms with Crippen LogP contribution in [0.15, 0.2) is 29.2 Å². The fourth-order valence-electron chi connectivity index (χ4n) is 0.762. The first kappa shape index (κ1) is 16.8. The summed E-state index contributed by atoms with van der Waals surface area (Å²) in [6.45, 7) is 1.88. The van der Waals surface area contributed by atoms with Crippen LogP contribution in [-0.4, -0.2) is 43.5 Å². The van der Waals surface area contributed by atoms with Gasteiger partial charge in [-0.2, -0.15) is 0 Å². The summed E-state index contributed by atoms with van der Waals surface area (Å²) in [5, 5.41) is 0. The zero-order valence-corrected chi connectivity index (χ0v) is 11.5. The molecule has 0 aromatic heterocycles. The average Bonchev–Trinajstić information content (AvgIpc) is 2.05. The SMILES string of the molecule is Cc1ccc(S(=O)(=O)NCl)cc1.O.[Na]. The second-order valence-electron chi connectivity index (χ2n) is 2.39. The maximum absolute atomic E-state index is 11.1. The van der Waals surface area contributed by atoms with Crippen molar-refractivity contribution in [3.05, 3.63) is 29.8 Å². The maximum Gasteiger partial charge on any atom is 0.253 e. The van der Waals surface area contributed by atoms with Gasteiger partial charge in [0.1, 0.15) is 0 Å². The van der Waals surface area contributed by atoms with Crippen molar-refractivity contribution in [1.29, 1.82) is 0 Å². The minimum Gasteiger partial charge on any atom is -0.412 e. The predicted molar refractivity (Wildman–Crippen MR) is 56.7 cm³/mol. The van der Waals surface area contributed by atoms with E-state index in [9.17, 15) is 8.42 Å². The predicted octanol–water partition coefficient (Wildman–Crippen LogP) is 0.222. The molecule has 4 nitrogen and oxygen atoms in total. The molecular formula is C7H10ClNNaO3S. The fourth-order valence-corrected chi connectivity index (χ4v) is 1.61. The van der Waals surface area contributed by atoms with Gasteiger partial charge in [0.25, 0.3) is 10.0 Å². The molecule has 1 aromatic carbocycles. The summed E-state index contributed by atoms with van der Waals surface area (Å²) >= 11 is 5.03. The quantitative estimate of drug-likeness (QED) is 0.599. The number of halogens is 1. The first-order valence-corrected chi connectivity index (χ1v) is 5.11. The molecule has 0 bridgehead atoms. The van der Waals surface area contributed by atoms with Crippen LogP contribution in [0.3, 0.4) is 0 Å². The van der Waals surface area contributed by atoms with Crippen LogP contribution in [0.5, 0.6) is 0 Å². The van der Waals surface area contributed by atoms with Crippen molar-refractivity contribution in [2.24, 2.45) is 0 Å². The van der Waals surface area contributed by atoms with Crippen molar-refractivity contribution in [3.8, 4) is 0 Å². The minimum atomic E-state index is -3.50. The molecule has 0 fully saturated rings. The molecular weight excluding hydrogens is 237 g/mol. The average molecular weight is 247 g/mol. The summed E-state index contributed by atoms with van der Waals surface area (Å²) in [5.41, 5.74) is 1.00. The van der Waals surface area contributed by atoms with Crippen LogP contribution in [0.2, 0.25) is 0 Å². The number of hydrogen-bond acceptors (Lipinski definition) is 2. The molecule has 0 atom stereocenters. The molecule has 3 N–H and O–H groups in total. The van der Waals surface area contributed by atoms with Crippen LogP contribution >= 0.6 is 11.8 Å². The van der Waals surface area contributed by atoms with E-state index in [1.165, 1.54) is 12.1 Å². The van der Waals surface area contributed by atoms with Gasteiger partial charge in [-0.05, 0) is 30.8 Å². The smallest absolute Gasteiger partial charge is 0.253 e. The van der Waals surface area contributed by atoms with E-state index in [2.05, 4.69) is 0 Å². The number of sulfonamides is 1. The van der Waals surface area contributed by atoms with Crippen molar-refractivity contribution in [1.82, 2.24) is 4.24 Å². The van der Waals surface area contributed by atoms with Crippen LogP contribution in [-0.2, 0) is 10.0 Å². The number of benzene rings is 1. The summed E-state index contributed by atoms with van der Waals surface area (Å²) < 4.78 is 23.9. The molecule has 1 radical (unpaired) electrons. The van der Waals surface area contributed by atoms with Gasteiger partial charge in [0.05, 0.1) is 4.90 Å². The second kappa shape index (κ2) is 6.79. The number of hydrogen-bond donors (Lipinski definition) is 1. The van der Waals surface area contributed by atoms with Crippen LogP contribution in [0, 0.1) is 6.92 Å². The van der Waals surface area contributed by atoms with Gasteiger partial charge in [-0.15, -0.1) is 4.24 Å². The molecule has 75 valence electrons. The number of rotatable bonds is 2. The molecule has 0 unspecified atom stereocenters. The molecule has 0 aliphatic carbocycles. The van der Waals surface area contributed by atoms with Gasteiger partial charge >= 0.3 is 0 Å². The Bertz CT molecular complexity index is 365. The first-order valence-electron chi connectivity index (χ1n) is 3.25. The van der Waals surface area contributed by atoms with E-state index in [0.717, 1.165) is 5.56 Å². The van der Waals surface area contributed by atoms with Gasteiger partial charge in [-0.1, -0.05) is 17.7 Å². The zero-order chi connectivity index (χ0) is 9.19. The second-order valence-corrected chi connectivity index (χ2v) is 4.49. The molecule has 14 heavy (non-hydrogen) atoms. The normalized spacial score (nSPS) is 9.86. The van der Waals surface area contributed by atoms with Crippen molar-refractivity contribution in [3.63, 3.8) is 0 Å². The van der Waals surface area contributed by atoms with Crippen LogP contribution in [0.25, 0.3) is 0 Å². The molecule has 0 heterocycles. The Labute approximate surface area is 110 Å². The van der Waals surface area contributed by atoms with Gasteiger partial charge < -0.3 is 5.48 Å². The van der Waals surface area contributed by atoms with Crippen molar-refractivity contribution in [2.75, 3.05) is 0 Å². The van der Waals surface area contributed by atoms with Gasteiger partial charge in [0.15, 0.2) is 0 Å². The van der Waals surface area contributed by atoms with E-state index < -0.39 is 10.0 Å². The summed E-state index contributed by atoms with van der Waals surface area (Å²) in [6.07, 6.45) is 0. The van der Waals surface area contributed by atoms with E-state index in [-0.39, 0.29) is 39.9 Å². The number of aryl methyl sites for hydroxylation is 1. The maximum atomic E-state index is 11.1. The number of nitrogens with one attached hydrogen (secondary N) is 1. The fraction of sp³-hybridized carbons (Fsp3) is 0.143. The molecule has 0 saturated carbocycles. The van der Waals surface area contributed by atoms with Crippen LogP contribution < -0.4 is 4.24 Å². The summed E-state index contributed by atoms with van der Waals surface area (Å²) in [4.78, 5) is 0.170. The minimum absolute atomic E-state index is 0. The summed E-state index contributed by atoms with van der Waals surface area (Å²) in [7, 11) is -3.50. The third kappa shape index (κ3) is 4.27. The summed E-state index contributed by atoms with van der Waals surface area (Å²) in [6, 6.07) is 6.42. The van der Waals surface area contributed by atoms with E-state index in [4.69, 9.17) is 11.8 Å². The third-order valence-electron chi connectivity index (χ3n) is 1.43. The monoisotopic (exact) mass is 246 g/mol. The standard InChI is InChI=1S/C7H8ClNO2S.Na.H2O/c1-6-2-4-7(5-3-6)12(10,11)9-8;;/h2-5,9H,1H3;;1H2. The molecule has 0 aliphatic heterocycles. The Morgan fingerprint density at radius 3 is 2.00 bits per heavy atom. The Balaban J connectivity index is 0. The van der Waals surface area contributed by atoms with E-state index in [1.54, 1.807) is 16.4 Å². The van der Waals surface area contributed by atoms with Crippen molar-refractivity contribution < 1.29 is 13.9 Å². The van der Waals surface area contributed by atoms with Gasteiger partial charge in [-0.3, -0.25) is 0 Å².